The normalized spacial score (nSPS) is 11.1. The topological polar surface area (TPSA) is 36.4 Å². The van der Waals surface area contributed by atoms with Crippen molar-refractivity contribution in [2.75, 3.05) is 13.1 Å². The third-order valence-electron chi connectivity index (χ3n) is 2.11. The SMILES string of the molecule is CCCN(CC)Cc1nc(CO)cs1. The number of nitrogens with zero attached hydrogens (tertiary/aromatic N) is 2. The molecule has 0 aliphatic heterocycles. The number of aromatic nitrogens is 1. The zero-order chi connectivity index (χ0) is 10.4. The van der Waals surface area contributed by atoms with Gasteiger partial charge < -0.3 is 5.11 Å². The average Bonchev–Trinajstić information content (AvgIpc) is 2.65. The quantitative estimate of drug-likeness (QED) is 0.785. The van der Waals surface area contributed by atoms with Gasteiger partial charge in [-0.25, -0.2) is 4.98 Å². The molecule has 0 aliphatic rings. The Morgan fingerprint density at radius 3 is 2.79 bits per heavy atom. The van der Waals surface area contributed by atoms with Crippen LogP contribution in [0.2, 0.25) is 0 Å². The van der Waals surface area contributed by atoms with Crippen LogP contribution in [0, 0.1) is 0 Å². The van der Waals surface area contributed by atoms with Crippen LogP contribution in [-0.2, 0) is 13.2 Å². The zero-order valence-electron chi connectivity index (χ0n) is 8.86. The second kappa shape index (κ2) is 6.11. The Labute approximate surface area is 89.4 Å². The van der Waals surface area contributed by atoms with Crippen LogP contribution in [0.25, 0.3) is 0 Å². The molecule has 0 aliphatic carbocycles. The second-order valence-electron chi connectivity index (χ2n) is 3.26. The van der Waals surface area contributed by atoms with E-state index in [1.54, 1.807) is 11.3 Å². The van der Waals surface area contributed by atoms with Gasteiger partial charge >= 0.3 is 0 Å². The molecular formula is C10H18N2OS. The third-order valence-corrected chi connectivity index (χ3v) is 2.99. The van der Waals surface area contributed by atoms with Gasteiger partial charge in [-0.15, -0.1) is 11.3 Å². The molecule has 0 aromatic carbocycles. The van der Waals surface area contributed by atoms with E-state index in [1.165, 1.54) is 6.42 Å². The number of aliphatic hydroxyl groups is 1. The second-order valence-corrected chi connectivity index (χ2v) is 4.20. The van der Waals surface area contributed by atoms with Gasteiger partial charge in [0.15, 0.2) is 0 Å². The molecule has 0 bridgehead atoms. The lowest BCUT2D eigenvalue weighted by molar-refractivity contribution is 0.271. The first-order chi connectivity index (χ1) is 6.80. The number of aliphatic hydroxyl groups excluding tert-OH is 1. The average molecular weight is 214 g/mol. The molecular weight excluding hydrogens is 196 g/mol. The van der Waals surface area contributed by atoms with Crippen molar-refractivity contribution in [2.24, 2.45) is 0 Å². The predicted octanol–water partition coefficient (Wildman–Crippen LogP) is 1.87. The maximum Gasteiger partial charge on any atom is 0.107 e. The van der Waals surface area contributed by atoms with Crippen LogP contribution in [0.15, 0.2) is 5.38 Å². The standard InChI is InChI=1S/C10H18N2OS/c1-3-5-12(4-2)6-10-11-9(7-13)8-14-10/h8,13H,3-7H2,1-2H3. The molecule has 1 rings (SSSR count). The van der Waals surface area contributed by atoms with Gasteiger partial charge in [-0.3, -0.25) is 4.90 Å². The van der Waals surface area contributed by atoms with Crippen LogP contribution in [0.3, 0.4) is 0 Å². The highest BCUT2D eigenvalue weighted by molar-refractivity contribution is 7.09. The molecule has 0 fully saturated rings. The zero-order valence-corrected chi connectivity index (χ0v) is 9.68. The Morgan fingerprint density at radius 2 is 2.29 bits per heavy atom. The van der Waals surface area contributed by atoms with Gasteiger partial charge in [0.2, 0.25) is 0 Å². The number of rotatable bonds is 6. The smallest absolute Gasteiger partial charge is 0.107 e. The van der Waals surface area contributed by atoms with E-state index in [4.69, 9.17) is 5.11 Å². The molecule has 4 heteroatoms. The Kier molecular flexibility index (Phi) is 5.07. The lowest BCUT2D eigenvalue weighted by Crippen LogP contribution is -2.23. The first-order valence-corrected chi connectivity index (χ1v) is 5.94. The molecule has 1 aromatic rings. The highest BCUT2D eigenvalue weighted by Gasteiger charge is 2.06. The summed E-state index contributed by atoms with van der Waals surface area (Å²) in [6.07, 6.45) is 1.17. The summed E-state index contributed by atoms with van der Waals surface area (Å²) in [6.45, 7) is 7.48. The van der Waals surface area contributed by atoms with Gasteiger partial charge in [-0.05, 0) is 19.5 Å². The molecule has 0 spiro atoms. The molecule has 1 aromatic heterocycles. The van der Waals surface area contributed by atoms with Crippen LogP contribution in [0.5, 0.6) is 0 Å². The molecule has 0 unspecified atom stereocenters. The lowest BCUT2D eigenvalue weighted by atomic mass is 10.4. The van der Waals surface area contributed by atoms with Crippen LogP contribution in [0.1, 0.15) is 31.0 Å². The molecule has 80 valence electrons. The molecule has 0 saturated carbocycles. The van der Waals surface area contributed by atoms with E-state index in [0.717, 1.165) is 30.3 Å². The largest absolute Gasteiger partial charge is 0.390 e. The molecule has 14 heavy (non-hydrogen) atoms. The summed E-state index contributed by atoms with van der Waals surface area (Å²) in [5.41, 5.74) is 0.789. The minimum absolute atomic E-state index is 0.0520. The predicted molar refractivity (Wildman–Crippen MR) is 59.3 cm³/mol. The van der Waals surface area contributed by atoms with Crippen molar-refractivity contribution in [3.8, 4) is 0 Å². The first-order valence-electron chi connectivity index (χ1n) is 5.06. The van der Waals surface area contributed by atoms with Crippen LogP contribution in [-0.4, -0.2) is 28.1 Å². The number of hydrogen-bond acceptors (Lipinski definition) is 4. The van der Waals surface area contributed by atoms with Crippen molar-refractivity contribution in [2.45, 2.75) is 33.4 Å². The maximum absolute atomic E-state index is 8.88. The van der Waals surface area contributed by atoms with Gasteiger partial charge in [0, 0.05) is 5.38 Å². The fourth-order valence-corrected chi connectivity index (χ4v) is 2.18. The van der Waals surface area contributed by atoms with E-state index < -0.39 is 0 Å². The Balaban J connectivity index is 2.48. The Morgan fingerprint density at radius 1 is 1.50 bits per heavy atom. The van der Waals surface area contributed by atoms with Gasteiger partial charge in [-0.1, -0.05) is 13.8 Å². The lowest BCUT2D eigenvalue weighted by Gasteiger charge is -2.17. The summed E-state index contributed by atoms with van der Waals surface area (Å²) < 4.78 is 0. The highest BCUT2D eigenvalue weighted by Crippen LogP contribution is 2.12. The van der Waals surface area contributed by atoms with Crippen molar-refractivity contribution in [3.05, 3.63) is 16.1 Å². The fraction of sp³-hybridized carbons (Fsp3) is 0.700. The van der Waals surface area contributed by atoms with Crippen LogP contribution in [0.4, 0.5) is 0 Å². The molecule has 0 radical (unpaired) electrons. The summed E-state index contributed by atoms with van der Waals surface area (Å²) in [4.78, 5) is 6.69. The summed E-state index contributed by atoms with van der Waals surface area (Å²) in [5.74, 6) is 0. The summed E-state index contributed by atoms with van der Waals surface area (Å²) >= 11 is 1.63. The monoisotopic (exact) mass is 214 g/mol. The van der Waals surface area contributed by atoms with Crippen molar-refractivity contribution in [3.63, 3.8) is 0 Å². The van der Waals surface area contributed by atoms with Gasteiger partial charge in [0.05, 0.1) is 18.8 Å². The van der Waals surface area contributed by atoms with E-state index in [1.807, 2.05) is 5.38 Å². The molecule has 1 N–H and O–H groups in total. The van der Waals surface area contributed by atoms with Crippen molar-refractivity contribution < 1.29 is 5.11 Å². The Hall–Kier alpha value is -0.450. The minimum atomic E-state index is 0.0520. The van der Waals surface area contributed by atoms with Crippen LogP contribution >= 0.6 is 11.3 Å². The summed E-state index contributed by atoms with van der Waals surface area (Å²) in [7, 11) is 0. The first kappa shape index (κ1) is 11.6. The molecule has 1 heterocycles. The molecule has 0 saturated heterocycles. The van der Waals surface area contributed by atoms with E-state index >= 15 is 0 Å². The van der Waals surface area contributed by atoms with E-state index in [9.17, 15) is 0 Å². The summed E-state index contributed by atoms with van der Waals surface area (Å²) in [5, 5.41) is 11.9. The van der Waals surface area contributed by atoms with Crippen LogP contribution < -0.4 is 0 Å². The number of hydrogen-bond donors (Lipinski definition) is 1. The van der Waals surface area contributed by atoms with Crippen molar-refractivity contribution >= 4 is 11.3 Å². The summed E-state index contributed by atoms with van der Waals surface area (Å²) in [6, 6.07) is 0. The molecule has 3 nitrogen and oxygen atoms in total. The minimum Gasteiger partial charge on any atom is -0.390 e. The van der Waals surface area contributed by atoms with Gasteiger partial charge in [0.25, 0.3) is 0 Å². The van der Waals surface area contributed by atoms with Gasteiger partial charge in [-0.2, -0.15) is 0 Å². The Bertz CT molecular complexity index is 262. The van der Waals surface area contributed by atoms with Crippen molar-refractivity contribution in [1.82, 2.24) is 9.88 Å². The number of thiazole rings is 1. The fourth-order valence-electron chi connectivity index (χ4n) is 1.35. The highest BCUT2D eigenvalue weighted by atomic mass is 32.1. The van der Waals surface area contributed by atoms with Gasteiger partial charge in [0.1, 0.15) is 5.01 Å². The molecule has 0 atom stereocenters. The maximum atomic E-state index is 8.88. The van der Waals surface area contributed by atoms with E-state index in [0.29, 0.717) is 0 Å². The van der Waals surface area contributed by atoms with Crippen molar-refractivity contribution in [1.29, 1.82) is 0 Å². The van der Waals surface area contributed by atoms with E-state index in [-0.39, 0.29) is 6.61 Å². The van der Waals surface area contributed by atoms with E-state index in [2.05, 4.69) is 23.7 Å². The molecule has 0 amide bonds. The third kappa shape index (κ3) is 3.36.